The van der Waals surface area contributed by atoms with Gasteiger partial charge >= 0.3 is 0 Å². The minimum Gasteiger partial charge on any atom is -0.368 e. The summed E-state index contributed by atoms with van der Waals surface area (Å²) in [5.74, 6) is 0.387. The molecular formula is C24H25F2N5. The lowest BCUT2D eigenvalue weighted by atomic mass is 10.1. The first-order chi connectivity index (χ1) is 15.1. The van der Waals surface area contributed by atoms with E-state index < -0.39 is 0 Å². The van der Waals surface area contributed by atoms with Gasteiger partial charge in [0.15, 0.2) is 0 Å². The van der Waals surface area contributed by atoms with E-state index in [2.05, 4.69) is 19.7 Å². The van der Waals surface area contributed by atoms with E-state index in [1.165, 1.54) is 29.8 Å². The molecule has 31 heavy (non-hydrogen) atoms. The Balaban J connectivity index is 1.20. The Bertz CT molecular complexity index is 1030. The molecule has 2 aliphatic heterocycles. The molecule has 1 aromatic heterocycles. The van der Waals surface area contributed by atoms with E-state index >= 15 is 0 Å². The molecule has 0 radical (unpaired) electrons. The van der Waals surface area contributed by atoms with Gasteiger partial charge in [0, 0.05) is 69.7 Å². The molecule has 3 heterocycles. The van der Waals surface area contributed by atoms with Gasteiger partial charge in [0.25, 0.3) is 0 Å². The summed E-state index contributed by atoms with van der Waals surface area (Å²) < 4.78 is 26.3. The van der Waals surface area contributed by atoms with E-state index in [0.717, 1.165) is 75.1 Å². The molecule has 1 saturated heterocycles. The molecule has 0 saturated carbocycles. The largest absolute Gasteiger partial charge is 0.368 e. The Morgan fingerprint density at radius 3 is 2.13 bits per heavy atom. The maximum atomic E-state index is 13.2. The highest BCUT2D eigenvalue weighted by Gasteiger charge is 2.23. The molecule has 2 aliphatic rings. The molecule has 160 valence electrons. The molecule has 0 amide bonds. The van der Waals surface area contributed by atoms with Gasteiger partial charge in [0.2, 0.25) is 5.95 Å². The smallest absolute Gasteiger partial charge is 0.225 e. The molecule has 0 N–H and O–H groups in total. The summed E-state index contributed by atoms with van der Waals surface area (Å²) in [7, 11) is 0. The van der Waals surface area contributed by atoms with E-state index in [1.54, 1.807) is 0 Å². The molecule has 3 aromatic rings. The predicted octanol–water partition coefficient (Wildman–Crippen LogP) is 3.64. The Labute approximate surface area is 181 Å². The highest BCUT2D eigenvalue weighted by molar-refractivity contribution is 5.48. The first kappa shape index (κ1) is 19.9. The van der Waals surface area contributed by atoms with Gasteiger partial charge in [-0.3, -0.25) is 4.90 Å². The van der Waals surface area contributed by atoms with Crippen LogP contribution in [-0.2, 0) is 19.5 Å². The number of nitrogens with zero attached hydrogens (tertiary/aromatic N) is 5. The van der Waals surface area contributed by atoms with Crippen LogP contribution in [0, 0.1) is 11.6 Å². The van der Waals surface area contributed by atoms with Crippen LogP contribution < -0.4 is 9.80 Å². The summed E-state index contributed by atoms with van der Waals surface area (Å²) in [5.41, 5.74) is 4.46. The topological polar surface area (TPSA) is 35.5 Å². The van der Waals surface area contributed by atoms with Gasteiger partial charge in [-0.2, -0.15) is 0 Å². The number of hydrogen-bond donors (Lipinski definition) is 0. The summed E-state index contributed by atoms with van der Waals surface area (Å²) in [6, 6.07) is 13.4. The molecule has 0 unspecified atom stereocenters. The van der Waals surface area contributed by atoms with Gasteiger partial charge in [-0.15, -0.1) is 0 Å². The van der Waals surface area contributed by atoms with Crippen LogP contribution in [0.2, 0.25) is 0 Å². The van der Waals surface area contributed by atoms with Crippen molar-refractivity contribution in [3.8, 4) is 0 Å². The van der Waals surface area contributed by atoms with Crippen LogP contribution in [-0.4, -0.2) is 47.6 Å². The van der Waals surface area contributed by atoms with Crippen molar-refractivity contribution in [1.29, 1.82) is 0 Å². The Morgan fingerprint density at radius 1 is 0.774 bits per heavy atom. The van der Waals surface area contributed by atoms with Crippen molar-refractivity contribution in [1.82, 2.24) is 14.9 Å². The Hall–Kier alpha value is -3.06. The van der Waals surface area contributed by atoms with Crippen LogP contribution in [0.5, 0.6) is 0 Å². The zero-order valence-corrected chi connectivity index (χ0v) is 17.3. The molecule has 5 nitrogen and oxygen atoms in total. The van der Waals surface area contributed by atoms with Crippen molar-refractivity contribution in [2.24, 2.45) is 0 Å². The number of anilines is 2. The van der Waals surface area contributed by atoms with Gasteiger partial charge in [-0.05, 0) is 42.0 Å². The first-order valence-corrected chi connectivity index (χ1v) is 10.7. The van der Waals surface area contributed by atoms with Crippen LogP contribution in [0.1, 0.15) is 16.8 Å². The molecule has 0 bridgehead atoms. The van der Waals surface area contributed by atoms with Crippen molar-refractivity contribution in [2.75, 3.05) is 42.5 Å². The summed E-state index contributed by atoms with van der Waals surface area (Å²) in [5, 5.41) is 0. The first-order valence-electron chi connectivity index (χ1n) is 10.7. The molecule has 0 atom stereocenters. The van der Waals surface area contributed by atoms with E-state index in [9.17, 15) is 8.78 Å². The van der Waals surface area contributed by atoms with Gasteiger partial charge in [-0.25, -0.2) is 18.7 Å². The van der Waals surface area contributed by atoms with Crippen molar-refractivity contribution in [2.45, 2.75) is 19.5 Å². The van der Waals surface area contributed by atoms with Crippen LogP contribution in [0.25, 0.3) is 0 Å². The third kappa shape index (κ3) is 4.51. The minimum absolute atomic E-state index is 0.202. The van der Waals surface area contributed by atoms with Crippen LogP contribution in [0.15, 0.2) is 54.7 Å². The molecule has 1 fully saturated rings. The monoisotopic (exact) mass is 421 g/mol. The molecule has 7 heteroatoms. The lowest BCUT2D eigenvalue weighted by Crippen LogP contribution is -2.47. The van der Waals surface area contributed by atoms with Crippen molar-refractivity contribution >= 4 is 11.6 Å². The average Bonchev–Trinajstić information content (AvgIpc) is 2.81. The number of benzene rings is 2. The summed E-state index contributed by atoms with van der Waals surface area (Å²) in [4.78, 5) is 16.4. The second kappa shape index (κ2) is 8.59. The van der Waals surface area contributed by atoms with E-state index in [0.29, 0.717) is 0 Å². The Kier molecular flexibility index (Phi) is 5.51. The highest BCUT2D eigenvalue weighted by atomic mass is 19.1. The fourth-order valence-corrected chi connectivity index (χ4v) is 4.32. The summed E-state index contributed by atoms with van der Waals surface area (Å²) in [6.07, 6.45) is 2.85. The quantitative estimate of drug-likeness (QED) is 0.643. The standard InChI is InChI=1S/C24H25F2N5/c25-20-3-1-18(2-4-20)16-29-10-9-23-19(17-29)15-27-24(28-23)31-13-11-30(12-14-31)22-7-5-21(26)6-8-22/h1-8,15H,9-14,16-17H2. The second-order valence-corrected chi connectivity index (χ2v) is 8.18. The van der Waals surface area contributed by atoms with Gasteiger partial charge < -0.3 is 9.80 Å². The lowest BCUT2D eigenvalue weighted by Gasteiger charge is -2.36. The summed E-state index contributed by atoms with van der Waals surface area (Å²) >= 11 is 0. The second-order valence-electron chi connectivity index (χ2n) is 8.18. The molecule has 5 rings (SSSR count). The number of halogens is 2. The Morgan fingerprint density at radius 2 is 1.42 bits per heavy atom. The lowest BCUT2D eigenvalue weighted by molar-refractivity contribution is 0.243. The van der Waals surface area contributed by atoms with Crippen molar-refractivity contribution in [3.05, 3.63) is 83.2 Å². The van der Waals surface area contributed by atoms with Crippen LogP contribution in [0.4, 0.5) is 20.4 Å². The SMILES string of the molecule is Fc1ccc(CN2CCc3nc(N4CCN(c5ccc(F)cc5)CC4)ncc3C2)cc1. The van der Waals surface area contributed by atoms with Crippen molar-refractivity contribution < 1.29 is 8.78 Å². The maximum absolute atomic E-state index is 13.2. The normalized spacial score (nSPS) is 17.0. The predicted molar refractivity (Wildman–Crippen MR) is 117 cm³/mol. The average molecular weight is 421 g/mol. The van der Waals surface area contributed by atoms with Crippen molar-refractivity contribution in [3.63, 3.8) is 0 Å². The number of rotatable bonds is 4. The number of piperazine rings is 1. The van der Waals surface area contributed by atoms with Gasteiger partial charge in [0.1, 0.15) is 11.6 Å². The zero-order chi connectivity index (χ0) is 21.2. The molecule has 0 aliphatic carbocycles. The van der Waals surface area contributed by atoms with Crippen LogP contribution >= 0.6 is 0 Å². The maximum Gasteiger partial charge on any atom is 0.225 e. The minimum atomic E-state index is -0.207. The number of aromatic nitrogens is 2. The third-order valence-electron chi connectivity index (χ3n) is 6.07. The molecular weight excluding hydrogens is 396 g/mol. The fourth-order valence-electron chi connectivity index (χ4n) is 4.32. The number of fused-ring (bicyclic) bond motifs is 1. The van der Waals surface area contributed by atoms with E-state index in [4.69, 9.17) is 4.98 Å². The zero-order valence-electron chi connectivity index (χ0n) is 17.3. The van der Waals surface area contributed by atoms with E-state index in [-0.39, 0.29) is 11.6 Å². The third-order valence-corrected chi connectivity index (χ3v) is 6.07. The summed E-state index contributed by atoms with van der Waals surface area (Å²) in [6.45, 7) is 5.94. The molecule has 2 aromatic carbocycles. The number of hydrogen-bond acceptors (Lipinski definition) is 5. The van der Waals surface area contributed by atoms with Gasteiger partial charge in [0.05, 0.1) is 5.69 Å². The van der Waals surface area contributed by atoms with Gasteiger partial charge in [-0.1, -0.05) is 12.1 Å². The highest BCUT2D eigenvalue weighted by Crippen LogP contribution is 2.23. The van der Waals surface area contributed by atoms with Crippen LogP contribution in [0.3, 0.4) is 0 Å². The fraction of sp³-hybridized carbons (Fsp3) is 0.333. The molecule has 0 spiro atoms. The van der Waals surface area contributed by atoms with E-state index in [1.807, 2.05) is 30.5 Å².